The van der Waals surface area contributed by atoms with Crippen molar-refractivity contribution in [3.05, 3.63) is 28.0 Å². The molecule has 1 aromatic heterocycles. The van der Waals surface area contributed by atoms with Crippen molar-refractivity contribution in [3.8, 4) is 0 Å². The van der Waals surface area contributed by atoms with Crippen LogP contribution in [-0.4, -0.2) is 39.4 Å². The van der Waals surface area contributed by atoms with Crippen LogP contribution < -0.4 is 0 Å². The summed E-state index contributed by atoms with van der Waals surface area (Å²) < 4.78 is 4.87. The van der Waals surface area contributed by atoms with Crippen LogP contribution in [0, 0.1) is 15.5 Å². The fourth-order valence-corrected chi connectivity index (χ4v) is 2.76. The first-order valence-electron chi connectivity index (χ1n) is 6.52. The molecule has 21 heavy (non-hydrogen) atoms. The molecule has 1 atom stereocenters. The molecule has 1 unspecified atom stereocenters. The monoisotopic (exact) mass is 296 g/mol. The number of hydrogen-bond acceptors (Lipinski definition) is 5. The summed E-state index contributed by atoms with van der Waals surface area (Å²) in [4.78, 5) is 34.9. The Morgan fingerprint density at radius 3 is 2.67 bits per heavy atom. The molecule has 8 nitrogen and oxygen atoms in total. The molecule has 0 aliphatic carbocycles. The lowest BCUT2D eigenvalue weighted by Crippen LogP contribution is -2.56. The van der Waals surface area contributed by atoms with E-state index in [1.165, 1.54) is 11.0 Å². The number of rotatable bonds is 3. The van der Waals surface area contributed by atoms with E-state index in [1.54, 1.807) is 13.8 Å². The quantitative estimate of drug-likeness (QED) is 0.673. The van der Waals surface area contributed by atoms with Crippen LogP contribution in [-0.2, 0) is 4.79 Å². The van der Waals surface area contributed by atoms with E-state index in [2.05, 4.69) is 0 Å². The second-order valence-corrected chi connectivity index (χ2v) is 5.73. The lowest BCUT2D eigenvalue weighted by atomic mass is 9.76. The summed E-state index contributed by atoms with van der Waals surface area (Å²) in [5, 5.41) is 20.0. The molecule has 0 spiro atoms. The Morgan fingerprint density at radius 1 is 1.48 bits per heavy atom. The molecule has 0 saturated carbocycles. The van der Waals surface area contributed by atoms with E-state index in [0.717, 1.165) is 6.07 Å². The van der Waals surface area contributed by atoms with Gasteiger partial charge in [0.25, 0.3) is 5.91 Å². The van der Waals surface area contributed by atoms with Gasteiger partial charge < -0.3 is 14.4 Å². The third-order valence-electron chi connectivity index (χ3n) is 3.75. The van der Waals surface area contributed by atoms with Crippen molar-refractivity contribution in [3.63, 3.8) is 0 Å². The van der Waals surface area contributed by atoms with Gasteiger partial charge in [-0.15, -0.1) is 0 Å². The van der Waals surface area contributed by atoms with Gasteiger partial charge in [-0.05, 0) is 24.3 Å². The van der Waals surface area contributed by atoms with Crippen LogP contribution in [0.5, 0.6) is 0 Å². The zero-order valence-corrected chi connectivity index (χ0v) is 11.7. The molecule has 0 aromatic carbocycles. The second kappa shape index (κ2) is 5.19. The normalized spacial score (nSPS) is 21.0. The minimum atomic E-state index is -1.09. The van der Waals surface area contributed by atoms with Gasteiger partial charge >= 0.3 is 11.9 Å². The molecule has 1 N–H and O–H groups in total. The number of carboxylic acid groups (broad SMARTS) is 1. The smallest absolute Gasteiger partial charge is 0.433 e. The van der Waals surface area contributed by atoms with Gasteiger partial charge in [0.2, 0.25) is 0 Å². The van der Waals surface area contributed by atoms with Crippen molar-refractivity contribution in [2.24, 2.45) is 5.41 Å². The Kier molecular flexibility index (Phi) is 3.71. The fraction of sp³-hybridized carbons (Fsp3) is 0.538. The number of furan rings is 1. The Hall–Kier alpha value is -2.38. The molecule has 1 saturated heterocycles. The van der Waals surface area contributed by atoms with Gasteiger partial charge in [0, 0.05) is 6.54 Å². The number of carbonyl (C=O) groups is 2. The zero-order chi connectivity index (χ0) is 15.8. The van der Waals surface area contributed by atoms with Gasteiger partial charge in [-0.3, -0.25) is 14.9 Å². The van der Waals surface area contributed by atoms with E-state index < -0.39 is 34.1 Å². The third-order valence-corrected chi connectivity index (χ3v) is 3.75. The third kappa shape index (κ3) is 2.74. The van der Waals surface area contributed by atoms with Gasteiger partial charge in [0.15, 0.2) is 5.76 Å². The maximum atomic E-state index is 12.4. The fourth-order valence-electron chi connectivity index (χ4n) is 2.76. The van der Waals surface area contributed by atoms with E-state index in [1.807, 2.05) is 0 Å². The number of nitro groups is 1. The number of amides is 1. The first-order valence-corrected chi connectivity index (χ1v) is 6.52. The molecule has 0 bridgehead atoms. The summed E-state index contributed by atoms with van der Waals surface area (Å²) in [5.41, 5.74) is -0.571. The Labute approximate surface area is 120 Å². The summed E-state index contributed by atoms with van der Waals surface area (Å²) in [5.74, 6) is -2.48. The molecular weight excluding hydrogens is 280 g/mol. The molecule has 1 fully saturated rings. The molecular formula is C13H16N2O6. The van der Waals surface area contributed by atoms with Crippen molar-refractivity contribution in [2.45, 2.75) is 32.7 Å². The minimum Gasteiger partial charge on any atom is -0.480 e. The predicted octanol–water partition coefficient (Wildman–Crippen LogP) is 1.90. The standard InChI is InChI=1S/C13H16N2O6/c1-13(2)6-3-7-14(10(13)12(17)18)11(16)8-4-5-9(21-8)15(19)20/h4-5,10H,3,6-7H2,1-2H3,(H,17,18). The van der Waals surface area contributed by atoms with E-state index in [0.29, 0.717) is 12.8 Å². The van der Waals surface area contributed by atoms with Crippen LogP contribution in [0.3, 0.4) is 0 Å². The molecule has 2 heterocycles. The largest absolute Gasteiger partial charge is 0.480 e. The summed E-state index contributed by atoms with van der Waals surface area (Å²) in [6.45, 7) is 3.86. The van der Waals surface area contributed by atoms with E-state index in [9.17, 15) is 24.8 Å². The Bertz CT molecular complexity index is 591. The second-order valence-electron chi connectivity index (χ2n) is 5.73. The first-order chi connectivity index (χ1) is 9.74. The van der Waals surface area contributed by atoms with Crippen molar-refractivity contribution in [2.75, 3.05) is 6.54 Å². The number of aliphatic carboxylic acids is 1. The number of hydrogen-bond donors (Lipinski definition) is 1. The number of carboxylic acids is 1. The zero-order valence-electron chi connectivity index (χ0n) is 11.7. The van der Waals surface area contributed by atoms with Crippen molar-refractivity contribution in [1.29, 1.82) is 0 Å². The van der Waals surface area contributed by atoms with Crippen LogP contribution in [0.4, 0.5) is 5.88 Å². The predicted molar refractivity (Wildman–Crippen MR) is 70.8 cm³/mol. The van der Waals surface area contributed by atoms with Gasteiger partial charge in [-0.2, -0.15) is 0 Å². The lowest BCUT2D eigenvalue weighted by molar-refractivity contribution is -0.402. The van der Waals surface area contributed by atoms with E-state index >= 15 is 0 Å². The highest BCUT2D eigenvalue weighted by Crippen LogP contribution is 2.36. The average molecular weight is 296 g/mol. The molecule has 1 aromatic rings. The van der Waals surface area contributed by atoms with E-state index in [4.69, 9.17) is 4.42 Å². The van der Waals surface area contributed by atoms with Gasteiger partial charge in [0.05, 0.1) is 6.07 Å². The molecule has 114 valence electrons. The van der Waals surface area contributed by atoms with Crippen molar-refractivity contribution in [1.82, 2.24) is 4.90 Å². The van der Waals surface area contributed by atoms with E-state index in [-0.39, 0.29) is 12.3 Å². The molecule has 1 aliphatic rings. The van der Waals surface area contributed by atoms with Gasteiger partial charge in [0.1, 0.15) is 11.0 Å². The number of piperidine rings is 1. The molecule has 0 radical (unpaired) electrons. The number of nitrogens with zero attached hydrogens (tertiary/aromatic N) is 2. The van der Waals surface area contributed by atoms with Crippen LogP contribution in [0.2, 0.25) is 0 Å². The SMILES string of the molecule is CC1(C)CCCN(C(=O)c2ccc([N+](=O)[O-])o2)C1C(=O)O. The maximum Gasteiger partial charge on any atom is 0.433 e. The number of carbonyl (C=O) groups excluding carboxylic acids is 1. The molecule has 8 heteroatoms. The van der Waals surface area contributed by atoms with Gasteiger partial charge in [-0.1, -0.05) is 13.8 Å². The summed E-state index contributed by atoms with van der Waals surface area (Å²) in [6, 6.07) is 1.29. The lowest BCUT2D eigenvalue weighted by Gasteiger charge is -2.43. The molecule has 1 amide bonds. The highest BCUT2D eigenvalue weighted by Gasteiger charge is 2.45. The Balaban J connectivity index is 2.31. The van der Waals surface area contributed by atoms with Crippen LogP contribution in [0.15, 0.2) is 16.5 Å². The van der Waals surface area contributed by atoms with Crippen molar-refractivity contribution >= 4 is 17.8 Å². The van der Waals surface area contributed by atoms with Crippen LogP contribution >= 0.6 is 0 Å². The average Bonchev–Trinajstić information content (AvgIpc) is 2.85. The highest BCUT2D eigenvalue weighted by atomic mass is 16.6. The molecule has 2 rings (SSSR count). The summed E-state index contributed by atoms with van der Waals surface area (Å²) in [7, 11) is 0. The van der Waals surface area contributed by atoms with Crippen LogP contribution in [0.25, 0.3) is 0 Å². The first kappa shape index (κ1) is 15.0. The highest BCUT2D eigenvalue weighted by molar-refractivity contribution is 5.95. The summed E-state index contributed by atoms with van der Waals surface area (Å²) >= 11 is 0. The Morgan fingerprint density at radius 2 is 2.14 bits per heavy atom. The number of likely N-dealkylation sites (tertiary alicyclic amines) is 1. The van der Waals surface area contributed by atoms with Crippen molar-refractivity contribution < 1.29 is 24.0 Å². The van der Waals surface area contributed by atoms with Crippen LogP contribution in [0.1, 0.15) is 37.2 Å². The minimum absolute atomic E-state index is 0.217. The molecule has 1 aliphatic heterocycles. The van der Waals surface area contributed by atoms with Gasteiger partial charge in [-0.25, -0.2) is 4.79 Å². The topological polar surface area (TPSA) is 114 Å². The maximum absolute atomic E-state index is 12.4. The summed E-state index contributed by atoms with van der Waals surface area (Å²) in [6.07, 6.45) is 1.36.